The van der Waals surface area contributed by atoms with Gasteiger partial charge in [-0.2, -0.15) is 0 Å². The molecule has 5 nitrogen and oxygen atoms in total. The summed E-state index contributed by atoms with van der Waals surface area (Å²) in [4.78, 5) is 25.3. The van der Waals surface area contributed by atoms with E-state index in [1.165, 1.54) is 18.2 Å². The zero-order chi connectivity index (χ0) is 18.7. The van der Waals surface area contributed by atoms with Gasteiger partial charge in [0.05, 0.1) is 17.5 Å². The van der Waals surface area contributed by atoms with Crippen LogP contribution >= 0.6 is 0 Å². The number of hydrogen-bond acceptors (Lipinski definition) is 3. The summed E-state index contributed by atoms with van der Waals surface area (Å²) < 4.78 is 19.4. The van der Waals surface area contributed by atoms with Gasteiger partial charge in [0.1, 0.15) is 17.0 Å². The van der Waals surface area contributed by atoms with E-state index in [2.05, 4.69) is 10.6 Å². The van der Waals surface area contributed by atoms with Crippen molar-refractivity contribution in [3.05, 3.63) is 54.3 Å². The summed E-state index contributed by atoms with van der Waals surface area (Å²) in [6.45, 7) is 3.78. The maximum Gasteiger partial charge on any atom is 0.240 e. The lowest BCUT2D eigenvalue weighted by molar-refractivity contribution is -0.131. The molecule has 1 aliphatic carbocycles. The topological polar surface area (TPSA) is 67.4 Å². The highest BCUT2D eigenvalue weighted by atomic mass is 19.1. The minimum atomic E-state index is -1.17. The number of hydrogen-bond donors (Lipinski definition) is 2. The number of carbonyl (C=O) groups is 2. The zero-order valence-electron chi connectivity index (χ0n) is 14.7. The molecule has 0 bridgehead atoms. The van der Waals surface area contributed by atoms with Crippen LogP contribution in [0.5, 0.6) is 5.75 Å². The van der Waals surface area contributed by atoms with Crippen LogP contribution in [0.25, 0.3) is 0 Å². The predicted molar refractivity (Wildman–Crippen MR) is 97.5 cm³/mol. The first-order valence-electron chi connectivity index (χ1n) is 8.55. The molecule has 2 N–H and O–H groups in total. The predicted octanol–water partition coefficient (Wildman–Crippen LogP) is 3.97. The standard InChI is InChI=1S/C20H21FN2O3/c1-13(2)26-17-10-6-5-9-16(17)23-19(25)20(11-12-20)18(24)22-15-8-4-3-7-14(15)21/h3-10,13H,11-12H2,1-2H3,(H,22,24)(H,23,25). The van der Waals surface area contributed by atoms with Crippen LogP contribution in [0.4, 0.5) is 15.8 Å². The molecule has 0 heterocycles. The molecule has 0 aromatic heterocycles. The lowest BCUT2D eigenvalue weighted by Gasteiger charge is -2.18. The van der Waals surface area contributed by atoms with Gasteiger partial charge in [0, 0.05) is 0 Å². The Morgan fingerprint density at radius 3 is 2.08 bits per heavy atom. The van der Waals surface area contributed by atoms with Gasteiger partial charge in [0.15, 0.2) is 0 Å². The molecule has 0 radical (unpaired) electrons. The summed E-state index contributed by atoms with van der Waals surface area (Å²) in [5.74, 6) is -0.901. The first kappa shape index (κ1) is 17.9. The summed E-state index contributed by atoms with van der Waals surface area (Å²) in [6.07, 6.45) is 0.797. The minimum absolute atomic E-state index is 0.0488. The summed E-state index contributed by atoms with van der Waals surface area (Å²) in [6, 6.07) is 13.0. The maximum atomic E-state index is 13.7. The third-order valence-corrected chi connectivity index (χ3v) is 4.24. The van der Waals surface area contributed by atoms with Gasteiger partial charge in [-0.25, -0.2) is 4.39 Å². The van der Waals surface area contributed by atoms with E-state index in [1.54, 1.807) is 24.3 Å². The van der Waals surface area contributed by atoms with Gasteiger partial charge < -0.3 is 15.4 Å². The fourth-order valence-corrected chi connectivity index (χ4v) is 2.66. The average molecular weight is 356 g/mol. The number of carbonyl (C=O) groups excluding carboxylic acids is 2. The van der Waals surface area contributed by atoms with Gasteiger partial charge in [-0.3, -0.25) is 9.59 Å². The second-order valence-electron chi connectivity index (χ2n) is 6.63. The van der Waals surface area contributed by atoms with Crippen molar-refractivity contribution in [2.75, 3.05) is 10.6 Å². The smallest absolute Gasteiger partial charge is 0.240 e. The second-order valence-corrected chi connectivity index (χ2v) is 6.63. The van der Waals surface area contributed by atoms with Crippen molar-refractivity contribution < 1.29 is 18.7 Å². The highest BCUT2D eigenvalue weighted by molar-refractivity contribution is 6.17. The number of ether oxygens (including phenoxy) is 1. The van der Waals surface area contributed by atoms with Crippen molar-refractivity contribution in [2.45, 2.75) is 32.8 Å². The lowest BCUT2D eigenvalue weighted by Crippen LogP contribution is -2.36. The number of rotatable bonds is 6. The molecule has 0 saturated heterocycles. The minimum Gasteiger partial charge on any atom is -0.489 e. The number of anilines is 2. The quantitative estimate of drug-likeness (QED) is 0.770. The van der Waals surface area contributed by atoms with Crippen LogP contribution < -0.4 is 15.4 Å². The molecule has 1 aliphatic rings. The molecule has 6 heteroatoms. The van der Waals surface area contributed by atoms with Crippen molar-refractivity contribution in [1.29, 1.82) is 0 Å². The van der Waals surface area contributed by atoms with E-state index in [-0.39, 0.29) is 11.8 Å². The molecule has 2 aromatic rings. The Bertz CT molecular complexity index is 831. The number of amides is 2. The van der Waals surface area contributed by atoms with E-state index in [9.17, 15) is 14.0 Å². The summed E-state index contributed by atoms with van der Waals surface area (Å²) in [5.41, 5.74) is -0.593. The molecule has 3 rings (SSSR count). The first-order chi connectivity index (χ1) is 12.4. The van der Waals surface area contributed by atoms with Crippen molar-refractivity contribution in [3.63, 3.8) is 0 Å². The third kappa shape index (κ3) is 3.69. The summed E-state index contributed by atoms with van der Waals surface area (Å²) >= 11 is 0. The second kappa shape index (κ2) is 7.15. The Labute approximate surface area is 151 Å². The van der Waals surface area contributed by atoms with Crippen molar-refractivity contribution in [2.24, 2.45) is 5.41 Å². The van der Waals surface area contributed by atoms with Crippen LogP contribution in [0, 0.1) is 11.2 Å². The van der Waals surface area contributed by atoms with Crippen LogP contribution in [0.1, 0.15) is 26.7 Å². The average Bonchev–Trinajstić information content (AvgIpc) is 3.40. The van der Waals surface area contributed by atoms with Crippen LogP contribution in [0.3, 0.4) is 0 Å². The molecular formula is C20H21FN2O3. The molecule has 0 aliphatic heterocycles. The zero-order valence-corrected chi connectivity index (χ0v) is 14.7. The summed E-state index contributed by atoms with van der Waals surface area (Å²) in [7, 11) is 0. The molecule has 0 spiro atoms. The number of benzene rings is 2. The Morgan fingerprint density at radius 1 is 0.962 bits per heavy atom. The molecule has 2 amide bonds. The van der Waals surface area contributed by atoms with E-state index in [0.717, 1.165) is 0 Å². The largest absolute Gasteiger partial charge is 0.489 e. The summed E-state index contributed by atoms with van der Waals surface area (Å²) in [5, 5.41) is 5.30. The highest BCUT2D eigenvalue weighted by Crippen LogP contribution is 2.48. The maximum absolute atomic E-state index is 13.7. The molecule has 136 valence electrons. The fourth-order valence-electron chi connectivity index (χ4n) is 2.66. The molecule has 0 atom stereocenters. The van der Waals surface area contributed by atoms with E-state index in [1.807, 2.05) is 19.9 Å². The van der Waals surface area contributed by atoms with E-state index < -0.39 is 23.0 Å². The van der Waals surface area contributed by atoms with Gasteiger partial charge in [-0.1, -0.05) is 24.3 Å². The monoisotopic (exact) mass is 356 g/mol. The number of halogens is 1. The van der Waals surface area contributed by atoms with Gasteiger partial charge in [0.2, 0.25) is 11.8 Å². The lowest BCUT2D eigenvalue weighted by atomic mass is 10.0. The number of nitrogens with one attached hydrogen (secondary N) is 2. The number of para-hydroxylation sites is 3. The van der Waals surface area contributed by atoms with Gasteiger partial charge in [-0.15, -0.1) is 0 Å². The van der Waals surface area contributed by atoms with Crippen LogP contribution in [0.2, 0.25) is 0 Å². The van der Waals surface area contributed by atoms with E-state index >= 15 is 0 Å². The van der Waals surface area contributed by atoms with Crippen molar-refractivity contribution in [3.8, 4) is 5.75 Å². The van der Waals surface area contributed by atoms with Gasteiger partial charge in [0.25, 0.3) is 0 Å². The third-order valence-electron chi connectivity index (χ3n) is 4.24. The molecule has 1 fully saturated rings. The SMILES string of the molecule is CC(C)Oc1ccccc1NC(=O)C1(C(=O)Nc2ccccc2F)CC1. The highest BCUT2D eigenvalue weighted by Gasteiger charge is 2.56. The van der Waals surface area contributed by atoms with E-state index in [4.69, 9.17) is 4.74 Å². The fraction of sp³-hybridized carbons (Fsp3) is 0.300. The molecule has 26 heavy (non-hydrogen) atoms. The van der Waals surface area contributed by atoms with Crippen LogP contribution in [0.15, 0.2) is 48.5 Å². The normalized spacial score (nSPS) is 14.6. The van der Waals surface area contributed by atoms with E-state index in [0.29, 0.717) is 24.3 Å². The van der Waals surface area contributed by atoms with Crippen LogP contribution in [-0.4, -0.2) is 17.9 Å². The first-order valence-corrected chi connectivity index (χ1v) is 8.55. The van der Waals surface area contributed by atoms with Crippen molar-refractivity contribution in [1.82, 2.24) is 0 Å². The molecule has 0 unspecified atom stereocenters. The molecule has 2 aromatic carbocycles. The Morgan fingerprint density at radius 2 is 1.50 bits per heavy atom. The Hall–Kier alpha value is -2.89. The Kier molecular flexibility index (Phi) is 4.93. The Balaban J connectivity index is 1.74. The van der Waals surface area contributed by atoms with Gasteiger partial charge in [-0.05, 0) is 51.0 Å². The van der Waals surface area contributed by atoms with Crippen molar-refractivity contribution >= 4 is 23.2 Å². The molecular weight excluding hydrogens is 335 g/mol. The van der Waals surface area contributed by atoms with Crippen LogP contribution in [-0.2, 0) is 9.59 Å². The molecule has 1 saturated carbocycles. The van der Waals surface area contributed by atoms with Gasteiger partial charge >= 0.3 is 0 Å².